The summed E-state index contributed by atoms with van der Waals surface area (Å²) in [6, 6.07) is 10.3. The minimum absolute atomic E-state index is 0.113. The number of hydrogen-bond donors (Lipinski definition) is 1. The number of thiophene rings is 1. The van der Waals surface area contributed by atoms with E-state index >= 15 is 0 Å². The van der Waals surface area contributed by atoms with Crippen LogP contribution < -0.4 is 5.32 Å². The highest BCUT2D eigenvalue weighted by molar-refractivity contribution is 7.10. The van der Waals surface area contributed by atoms with Crippen molar-refractivity contribution in [2.24, 2.45) is 0 Å². The van der Waals surface area contributed by atoms with Crippen LogP contribution in [0, 0.1) is 19.7 Å². The minimum atomic E-state index is -0.304. The first-order chi connectivity index (χ1) is 12.9. The van der Waals surface area contributed by atoms with Gasteiger partial charge in [0.2, 0.25) is 0 Å². The first kappa shape index (κ1) is 19.3. The minimum Gasteiger partial charge on any atom is -0.350 e. The lowest BCUT2D eigenvalue weighted by Crippen LogP contribution is -2.34. The van der Waals surface area contributed by atoms with E-state index in [1.165, 1.54) is 17.0 Å². The first-order valence-electron chi connectivity index (χ1n) is 8.68. The summed E-state index contributed by atoms with van der Waals surface area (Å²) < 4.78 is 14.8. The smallest absolute Gasteiger partial charge is 0.255 e. The van der Waals surface area contributed by atoms with Gasteiger partial charge in [-0.3, -0.25) is 4.79 Å². The van der Waals surface area contributed by atoms with Crippen LogP contribution in [0.5, 0.6) is 0 Å². The van der Waals surface area contributed by atoms with Crippen molar-refractivity contribution in [3.63, 3.8) is 0 Å². The van der Waals surface area contributed by atoms with Gasteiger partial charge in [-0.2, -0.15) is 5.10 Å². The number of likely N-dealkylation sites (N-methyl/N-ethyl adjacent to an activating group) is 1. The third kappa shape index (κ3) is 4.09. The highest BCUT2D eigenvalue weighted by Gasteiger charge is 2.22. The second-order valence-electron chi connectivity index (χ2n) is 6.64. The molecule has 1 aromatic carbocycles. The summed E-state index contributed by atoms with van der Waals surface area (Å²) in [5.74, 6) is -0.455. The Morgan fingerprint density at radius 2 is 1.96 bits per heavy atom. The van der Waals surface area contributed by atoms with Gasteiger partial charge in [0, 0.05) is 11.4 Å². The van der Waals surface area contributed by atoms with Crippen molar-refractivity contribution < 1.29 is 9.18 Å². The molecule has 0 unspecified atom stereocenters. The van der Waals surface area contributed by atoms with E-state index in [0.717, 1.165) is 11.4 Å². The zero-order valence-electron chi connectivity index (χ0n) is 15.9. The molecule has 0 radical (unpaired) electrons. The van der Waals surface area contributed by atoms with Gasteiger partial charge in [-0.1, -0.05) is 6.07 Å². The van der Waals surface area contributed by atoms with Crippen LogP contribution in [0.25, 0.3) is 5.69 Å². The van der Waals surface area contributed by atoms with Crippen LogP contribution >= 0.6 is 11.3 Å². The zero-order chi connectivity index (χ0) is 19.6. The van der Waals surface area contributed by atoms with Crippen molar-refractivity contribution in [3.05, 3.63) is 69.4 Å². The van der Waals surface area contributed by atoms with Crippen molar-refractivity contribution in [1.82, 2.24) is 20.0 Å². The predicted molar refractivity (Wildman–Crippen MR) is 106 cm³/mol. The van der Waals surface area contributed by atoms with Crippen LogP contribution in [0.1, 0.15) is 32.7 Å². The van der Waals surface area contributed by atoms with Crippen molar-refractivity contribution in [1.29, 1.82) is 0 Å². The number of aryl methyl sites for hydroxylation is 1. The summed E-state index contributed by atoms with van der Waals surface area (Å²) >= 11 is 1.68. The molecule has 1 amide bonds. The third-order valence-electron chi connectivity index (χ3n) is 4.54. The summed E-state index contributed by atoms with van der Waals surface area (Å²) in [6.45, 7) is 4.17. The van der Waals surface area contributed by atoms with Gasteiger partial charge in [0.25, 0.3) is 5.91 Å². The molecule has 1 atom stereocenters. The van der Waals surface area contributed by atoms with Crippen LogP contribution in [0.3, 0.4) is 0 Å². The standard InChI is InChI=1S/C20H23FN4OS/c1-13-19(14(2)25(23-13)16-9-7-15(21)8-10-16)20(26)22-12-17(24(3)4)18-6-5-11-27-18/h5-11,17H,12H2,1-4H3,(H,22,26)/t17-/m1/s1. The maximum absolute atomic E-state index is 13.2. The molecule has 0 fully saturated rings. The van der Waals surface area contributed by atoms with Crippen LogP contribution in [0.2, 0.25) is 0 Å². The molecule has 0 aliphatic heterocycles. The summed E-state index contributed by atoms with van der Waals surface area (Å²) in [7, 11) is 4.00. The van der Waals surface area contributed by atoms with E-state index in [1.54, 1.807) is 28.2 Å². The Kier molecular flexibility index (Phi) is 5.72. The molecule has 2 aromatic heterocycles. The topological polar surface area (TPSA) is 50.2 Å². The van der Waals surface area contributed by atoms with Gasteiger partial charge in [-0.15, -0.1) is 11.3 Å². The van der Waals surface area contributed by atoms with Gasteiger partial charge in [0.1, 0.15) is 5.82 Å². The first-order valence-corrected chi connectivity index (χ1v) is 9.56. The van der Waals surface area contributed by atoms with Crippen molar-refractivity contribution in [2.45, 2.75) is 19.9 Å². The molecular formula is C20H23FN4OS. The molecule has 3 rings (SSSR count). The number of hydrogen-bond acceptors (Lipinski definition) is 4. The molecule has 142 valence electrons. The highest BCUT2D eigenvalue weighted by Crippen LogP contribution is 2.23. The quantitative estimate of drug-likeness (QED) is 0.702. The molecule has 1 N–H and O–H groups in total. The SMILES string of the molecule is Cc1nn(-c2ccc(F)cc2)c(C)c1C(=O)NC[C@H](c1cccs1)N(C)C. The second-order valence-corrected chi connectivity index (χ2v) is 7.62. The Morgan fingerprint density at radius 1 is 1.26 bits per heavy atom. The molecule has 0 aliphatic carbocycles. The number of rotatable bonds is 6. The molecule has 3 aromatic rings. The van der Waals surface area contributed by atoms with E-state index < -0.39 is 0 Å². The average Bonchev–Trinajstić information content (AvgIpc) is 3.24. The number of nitrogens with one attached hydrogen (secondary N) is 1. The zero-order valence-corrected chi connectivity index (χ0v) is 16.7. The van der Waals surface area contributed by atoms with Crippen LogP contribution in [0.15, 0.2) is 41.8 Å². The van der Waals surface area contributed by atoms with E-state index in [9.17, 15) is 9.18 Å². The van der Waals surface area contributed by atoms with Crippen molar-refractivity contribution >= 4 is 17.2 Å². The van der Waals surface area contributed by atoms with Crippen LogP contribution in [0.4, 0.5) is 4.39 Å². The van der Waals surface area contributed by atoms with Crippen LogP contribution in [-0.2, 0) is 0 Å². The summed E-state index contributed by atoms with van der Waals surface area (Å²) in [5.41, 5.74) is 2.66. The molecular weight excluding hydrogens is 363 g/mol. The Balaban J connectivity index is 1.80. The fraction of sp³-hybridized carbons (Fsp3) is 0.300. The number of carbonyl (C=O) groups excluding carboxylic acids is 1. The largest absolute Gasteiger partial charge is 0.350 e. The van der Waals surface area contributed by atoms with E-state index in [4.69, 9.17) is 0 Å². The number of nitrogens with zero attached hydrogens (tertiary/aromatic N) is 3. The average molecular weight is 386 g/mol. The van der Waals surface area contributed by atoms with Gasteiger partial charge in [0.15, 0.2) is 0 Å². The fourth-order valence-corrected chi connectivity index (χ4v) is 4.02. The molecule has 7 heteroatoms. The maximum atomic E-state index is 13.2. The molecule has 27 heavy (non-hydrogen) atoms. The molecule has 2 heterocycles. The number of amides is 1. The van der Waals surface area contributed by atoms with Gasteiger partial charge in [-0.25, -0.2) is 9.07 Å². The Morgan fingerprint density at radius 3 is 2.56 bits per heavy atom. The van der Waals surface area contributed by atoms with E-state index in [1.807, 2.05) is 39.4 Å². The lowest BCUT2D eigenvalue weighted by molar-refractivity contribution is 0.0941. The summed E-state index contributed by atoms with van der Waals surface area (Å²) in [4.78, 5) is 16.1. The molecule has 0 spiro atoms. The van der Waals surface area contributed by atoms with Crippen LogP contribution in [-0.4, -0.2) is 41.2 Å². The number of aromatic nitrogens is 2. The van der Waals surface area contributed by atoms with Gasteiger partial charge in [-0.05, 0) is 63.7 Å². The lowest BCUT2D eigenvalue weighted by atomic mass is 10.1. The number of benzene rings is 1. The molecule has 0 bridgehead atoms. The van der Waals surface area contributed by atoms with Gasteiger partial charge >= 0.3 is 0 Å². The Bertz CT molecular complexity index is 916. The summed E-state index contributed by atoms with van der Waals surface area (Å²) in [6.07, 6.45) is 0. The van der Waals surface area contributed by atoms with Gasteiger partial charge < -0.3 is 10.2 Å². The highest BCUT2D eigenvalue weighted by atomic mass is 32.1. The third-order valence-corrected chi connectivity index (χ3v) is 5.51. The Labute approximate surface area is 162 Å². The normalized spacial score (nSPS) is 12.4. The molecule has 0 saturated heterocycles. The molecule has 0 aliphatic rings. The Hall–Kier alpha value is -2.51. The second kappa shape index (κ2) is 8.02. The van der Waals surface area contributed by atoms with E-state index in [-0.39, 0.29) is 17.8 Å². The number of halogens is 1. The monoisotopic (exact) mass is 386 g/mol. The van der Waals surface area contributed by atoms with E-state index in [0.29, 0.717) is 17.8 Å². The fourth-order valence-electron chi connectivity index (χ4n) is 3.10. The summed E-state index contributed by atoms with van der Waals surface area (Å²) in [5, 5.41) is 9.54. The lowest BCUT2D eigenvalue weighted by Gasteiger charge is -2.23. The van der Waals surface area contributed by atoms with Crippen molar-refractivity contribution in [2.75, 3.05) is 20.6 Å². The van der Waals surface area contributed by atoms with Gasteiger partial charge in [0.05, 0.1) is 28.7 Å². The molecule has 5 nitrogen and oxygen atoms in total. The number of carbonyl (C=O) groups is 1. The molecule has 0 saturated carbocycles. The van der Waals surface area contributed by atoms with Crippen molar-refractivity contribution in [3.8, 4) is 5.69 Å². The predicted octanol–water partition coefficient (Wildman–Crippen LogP) is 3.72. The van der Waals surface area contributed by atoms with E-state index in [2.05, 4.69) is 21.4 Å². The maximum Gasteiger partial charge on any atom is 0.255 e.